The molecule has 0 aromatic heterocycles. The number of hydrogen-bond donors (Lipinski definition) is 0. The molecule has 126 valence electrons. The van der Waals surface area contributed by atoms with Crippen LogP contribution in [-0.4, -0.2) is 11.2 Å². The van der Waals surface area contributed by atoms with Crippen molar-refractivity contribution in [1.82, 2.24) is 0 Å². The Morgan fingerprint density at radius 1 is 0.542 bits per heavy atom. The van der Waals surface area contributed by atoms with Gasteiger partial charge in [0.2, 0.25) is 0 Å². The van der Waals surface area contributed by atoms with Crippen LogP contribution in [0.25, 0.3) is 0 Å². The summed E-state index contributed by atoms with van der Waals surface area (Å²) in [5.74, 6) is 8.06. The van der Waals surface area contributed by atoms with Gasteiger partial charge in [-0.15, -0.1) is 0 Å². The second-order valence-corrected chi connectivity index (χ2v) is 7.73. The van der Waals surface area contributed by atoms with Crippen LogP contribution in [0, 0.1) is 11.8 Å². The molecule has 0 atom stereocenters. The highest BCUT2D eigenvalue weighted by atomic mass is 16.5. The number of rotatable bonds is 2. The molecular formula is C22H26O2. The van der Waals surface area contributed by atoms with Crippen molar-refractivity contribution in [3.63, 3.8) is 0 Å². The Kier molecular flexibility index (Phi) is 5.24. The fourth-order valence-corrected chi connectivity index (χ4v) is 2.06. The second kappa shape index (κ2) is 7.01. The zero-order chi connectivity index (χ0) is 17.8. The molecule has 0 aliphatic rings. The van der Waals surface area contributed by atoms with Crippen LogP contribution in [0.4, 0.5) is 0 Å². The molecule has 0 fully saturated rings. The molecule has 0 radical (unpaired) electrons. The van der Waals surface area contributed by atoms with Gasteiger partial charge < -0.3 is 9.47 Å². The van der Waals surface area contributed by atoms with Gasteiger partial charge in [0.25, 0.3) is 0 Å². The molecule has 0 bridgehead atoms. The van der Waals surface area contributed by atoms with Crippen molar-refractivity contribution in [1.29, 1.82) is 0 Å². The lowest BCUT2D eigenvalue weighted by Crippen LogP contribution is -2.22. The van der Waals surface area contributed by atoms with E-state index in [0.29, 0.717) is 0 Å². The third kappa shape index (κ3) is 6.38. The predicted octanol–water partition coefficient (Wildman–Crippen LogP) is 5.44. The standard InChI is InChI=1S/C22H26O2/c1-21(2,3)23-19-13-9-17(10-14-19)7-8-18-11-15-20(16-12-18)24-22(4,5)6/h9-16H,1-6H3. The lowest BCUT2D eigenvalue weighted by Gasteiger charge is -2.21. The topological polar surface area (TPSA) is 18.5 Å². The largest absolute Gasteiger partial charge is 0.488 e. The molecule has 0 saturated heterocycles. The summed E-state index contributed by atoms with van der Waals surface area (Å²) >= 11 is 0. The van der Waals surface area contributed by atoms with Crippen molar-refractivity contribution in [3.8, 4) is 23.3 Å². The van der Waals surface area contributed by atoms with Gasteiger partial charge in [0, 0.05) is 11.1 Å². The van der Waals surface area contributed by atoms with Gasteiger partial charge in [0.15, 0.2) is 0 Å². The average molecular weight is 322 g/mol. The molecule has 0 N–H and O–H groups in total. The molecule has 2 heteroatoms. The Morgan fingerprint density at radius 2 is 0.833 bits per heavy atom. The van der Waals surface area contributed by atoms with Crippen LogP contribution < -0.4 is 9.47 Å². The van der Waals surface area contributed by atoms with Crippen LogP contribution in [0.15, 0.2) is 48.5 Å². The molecule has 0 saturated carbocycles. The third-order valence-corrected chi connectivity index (χ3v) is 2.91. The highest BCUT2D eigenvalue weighted by Crippen LogP contribution is 2.19. The number of hydrogen-bond acceptors (Lipinski definition) is 2. The SMILES string of the molecule is CC(C)(C)Oc1ccc(C#Cc2ccc(OC(C)(C)C)cc2)cc1. The molecule has 2 aromatic carbocycles. The van der Waals surface area contributed by atoms with Crippen LogP contribution in [-0.2, 0) is 0 Å². The molecule has 0 aliphatic carbocycles. The molecule has 0 amide bonds. The highest BCUT2D eigenvalue weighted by molar-refractivity contribution is 5.45. The van der Waals surface area contributed by atoms with Crippen LogP contribution in [0.3, 0.4) is 0 Å². The monoisotopic (exact) mass is 322 g/mol. The van der Waals surface area contributed by atoms with E-state index in [0.717, 1.165) is 22.6 Å². The van der Waals surface area contributed by atoms with Gasteiger partial charge in [-0.2, -0.15) is 0 Å². The fraction of sp³-hybridized carbons (Fsp3) is 0.364. The van der Waals surface area contributed by atoms with Gasteiger partial charge in [0.05, 0.1) is 0 Å². The summed E-state index contributed by atoms with van der Waals surface area (Å²) in [5, 5.41) is 0. The van der Waals surface area contributed by atoms with E-state index in [1.807, 2.05) is 90.1 Å². The first-order valence-electron chi connectivity index (χ1n) is 8.21. The van der Waals surface area contributed by atoms with Gasteiger partial charge >= 0.3 is 0 Å². The van der Waals surface area contributed by atoms with E-state index in [9.17, 15) is 0 Å². The van der Waals surface area contributed by atoms with E-state index in [2.05, 4.69) is 11.8 Å². The van der Waals surface area contributed by atoms with Crippen molar-refractivity contribution in [2.75, 3.05) is 0 Å². The Bertz CT molecular complexity index is 652. The molecule has 2 rings (SSSR count). The maximum Gasteiger partial charge on any atom is 0.120 e. The Balaban J connectivity index is 2.04. The maximum absolute atomic E-state index is 5.81. The van der Waals surface area contributed by atoms with E-state index < -0.39 is 0 Å². The van der Waals surface area contributed by atoms with E-state index in [1.54, 1.807) is 0 Å². The Morgan fingerprint density at radius 3 is 1.08 bits per heavy atom. The van der Waals surface area contributed by atoms with E-state index in [4.69, 9.17) is 9.47 Å². The zero-order valence-corrected chi connectivity index (χ0v) is 15.4. The molecule has 0 heterocycles. The lowest BCUT2D eigenvalue weighted by atomic mass is 10.1. The van der Waals surface area contributed by atoms with Gasteiger partial charge in [-0.25, -0.2) is 0 Å². The molecule has 2 aromatic rings. The summed E-state index contributed by atoms with van der Waals surface area (Å²) in [6, 6.07) is 15.7. The van der Waals surface area contributed by atoms with Crippen molar-refractivity contribution in [3.05, 3.63) is 59.7 Å². The molecule has 2 nitrogen and oxygen atoms in total. The summed E-state index contributed by atoms with van der Waals surface area (Å²) in [6.45, 7) is 12.2. The highest BCUT2D eigenvalue weighted by Gasteiger charge is 2.11. The van der Waals surface area contributed by atoms with E-state index >= 15 is 0 Å². The van der Waals surface area contributed by atoms with Gasteiger partial charge in [0.1, 0.15) is 22.7 Å². The zero-order valence-electron chi connectivity index (χ0n) is 15.4. The normalized spacial score (nSPS) is 11.4. The summed E-state index contributed by atoms with van der Waals surface area (Å²) in [4.78, 5) is 0. The van der Waals surface area contributed by atoms with Gasteiger partial charge in [-0.1, -0.05) is 11.8 Å². The van der Waals surface area contributed by atoms with Crippen molar-refractivity contribution >= 4 is 0 Å². The predicted molar refractivity (Wildman–Crippen MR) is 99.6 cm³/mol. The average Bonchev–Trinajstić information content (AvgIpc) is 2.45. The smallest absolute Gasteiger partial charge is 0.120 e. The molecular weight excluding hydrogens is 296 g/mol. The van der Waals surface area contributed by atoms with E-state index in [1.165, 1.54) is 0 Å². The summed E-state index contributed by atoms with van der Waals surface area (Å²) < 4.78 is 11.6. The van der Waals surface area contributed by atoms with E-state index in [-0.39, 0.29) is 11.2 Å². The first-order valence-corrected chi connectivity index (χ1v) is 8.21. The van der Waals surface area contributed by atoms with Crippen LogP contribution in [0.2, 0.25) is 0 Å². The van der Waals surface area contributed by atoms with Crippen LogP contribution >= 0.6 is 0 Å². The fourth-order valence-electron chi connectivity index (χ4n) is 2.06. The minimum atomic E-state index is -0.190. The molecule has 24 heavy (non-hydrogen) atoms. The first kappa shape index (κ1) is 17.9. The summed E-state index contributed by atoms with van der Waals surface area (Å²) in [6.07, 6.45) is 0. The van der Waals surface area contributed by atoms with Crippen molar-refractivity contribution in [2.24, 2.45) is 0 Å². The quantitative estimate of drug-likeness (QED) is 0.685. The number of benzene rings is 2. The minimum absolute atomic E-state index is 0.190. The second-order valence-electron chi connectivity index (χ2n) is 7.73. The van der Waals surface area contributed by atoms with Gasteiger partial charge in [-0.3, -0.25) is 0 Å². The van der Waals surface area contributed by atoms with Crippen LogP contribution in [0.5, 0.6) is 11.5 Å². The third-order valence-electron chi connectivity index (χ3n) is 2.91. The maximum atomic E-state index is 5.81. The molecule has 0 unspecified atom stereocenters. The minimum Gasteiger partial charge on any atom is -0.488 e. The Hall–Kier alpha value is -2.40. The Labute approximate surface area is 145 Å². The summed E-state index contributed by atoms with van der Waals surface area (Å²) in [7, 11) is 0. The lowest BCUT2D eigenvalue weighted by molar-refractivity contribution is 0.130. The molecule has 0 spiro atoms. The van der Waals surface area contributed by atoms with Crippen LogP contribution in [0.1, 0.15) is 52.7 Å². The first-order chi connectivity index (χ1) is 11.1. The van der Waals surface area contributed by atoms with Crippen molar-refractivity contribution < 1.29 is 9.47 Å². The molecule has 0 aliphatic heterocycles. The summed E-state index contributed by atoms with van der Waals surface area (Å²) in [5.41, 5.74) is 1.55. The van der Waals surface area contributed by atoms with Crippen molar-refractivity contribution in [2.45, 2.75) is 52.7 Å². The van der Waals surface area contributed by atoms with Gasteiger partial charge in [-0.05, 0) is 90.1 Å². The number of ether oxygens (including phenoxy) is 2.